The van der Waals surface area contributed by atoms with Gasteiger partial charge in [0, 0.05) is 38.3 Å². The number of ether oxygens (including phenoxy) is 1. The van der Waals surface area contributed by atoms with Gasteiger partial charge in [-0.3, -0.25) is 9.59 Å². The van der Waals surface area contributed by atoms with Crippen LogP contribution < -0.4 is 16.0 Å². The van der Waals surface area contributed by atoms with Gasteiger partial charge in [-0.2, -0.15) is 0 Å². The number of fused-ring (bicyclic) bond motifs is 3. The molecule has 4 aliphatic rings. The third kappa shape index (κ3) is 3.08. The van der Waals surface area contributed by atoms with Crippen LogP contribution in [0.1, 0.15) is 49.4 Å². The van der Waals surface area contributed by atoms with Gasteiger partial charge in [0.15, 0.2) is 0 Å². The first-order chi connectivity index (χ1) is 13.0. The smallest absolute Gasteiger partial charge is 0.256 e. The largest absolute Gasteiger partial charge is 0.385 e. The van der Waals surface area contributed by atoms with Gasteiger partial charge in [0.25, 0.3) is 5.91 Å². The van der Waals surface area contributed by atoms with Gasteiger partial charge in [0.2, 0.25) is 5.91 Å². The summed E-state index contributed by atoms with van der Waals surface area (Å²) in [5.41, 5.74) is -0.0626. The lowest BCUT2D eigenvalue weighted by Gasteiger charge is -2.60. The van der Waals surface area contributed by atoms with Crippen LogP contribution in [0.5, 0.6) is 0 Å². The standard InChI is InChI=1S/C20H28N4O3/c1-19-7-6-13(11-15(19)18(26)22-9-4-10-27-2)20(12-19)23-16-14(17(25)24-20)5-3-8-21-16/h3,5,8,13,15H,4,6-7,9-12H2,1-2H3,(H,21,23)(H,22,26)(H,24,25)/t13-,15+,19+,20+/m1/s1. The van der Waals surface area contributed by atoms with E-state index in [9.17, 15) is 9.59 Å². The van der Waals surface area contributed by atoms with Crippen LogP contribution in [0, 0.1) is 17.3 Å². The molecule has 1 spiro atoms. The number of rotatable bonds is 5. The lowest BCUT2D eigenvalue weighted by Crippen LogP contribution is -2.70. The van der Waals surface area contributed by atoms with Gasteiger partial charge < -0.3 is 20.7 Å². The molecule has 2 amide bonds. The van der Waals surface area contributed by atoms with Crippen molar-refractivity contribution in [3.8, 4) is 0 Å². The van der Waals surface area contributed by atoms with E-state index in [1.54, 1.807) is 25.4 Å². The molecule has 1 aliphatic heterocycles. The molecule has 146 valence electrons. The van der Waals surface area contributed by atoms with Crippen LogP contribution in [-0.2, 0) is 9.53 Å². The second-order valence-electron chi connectivity index (χ2n) is 8.44. The molecule has 1 aromatic rings. The molecule has 3 aliphatic carbocycles. The molecule has 7 nitrogen and oxygen atoms in total. The molecule has 1 aromatic heterocycles. The van der Waals surface area contributed by atoms with Crippen molar-refractivity contribution in [3.63, 3.8) is 0 Å². The van der Waals surface area contributed by atoms with Gasteiger partial charge in [0.1, 0.15) is 11.5 Å². The maximum atomic E-state index is 12.8. The van der Waals surface area contributed by atoms with Crippen LogP contribution in [0.25, 0.3) is 0 Å². The molecular formula is C20H28N4O3. The fourth-order valence-electron chi connectivity index (χ4n) is 5.27. The zero-order valence-electron chi connectivity index (χ0n) is 16.0. The first kappa shape index (κ1) is 18.2. The highest BCUT2D eigenvalue weighted by molar-refractivity contribution is 6.01. The third-order valence-corrected chi connectivity index (χ3v) is 6.68. The average Bonchev–Trinajstić information content (AvgIpc) is 2.64. The first-order valence-electron chi connectivity index (χ1n) is 9.80. The average molecular weight is 372 g/mol. The fraction of sp³-hybridized carbons (Fsp3) is 0.650. The van der Waals surface area contributed by atoms with Gasteiger partial charge in [-0.1, -0.05) is 6.92 Å². The Labute approximate surface area is 159 Å². The van der Waals surface area contributed by atoms with Crippen molar-refractivity contribution >= 4 is 17.6 Å². The van der Waals surface area contributed by atoms with E-state index in [-0.39, 0.29) is 29.1 Å². The molecule has 7 heteroatoms. The van der Waals surface area contributed by atoms with Crippen LogP contribution >= 0.6 is 0 Å². The molecule has 3 saturated carbocycles. The highest BCUT2D eigenvalue weighted by atomic mass is 16.5. The van der Waals surface area contributed by atoms with E-state index in [0.29, 0.717) is 24.5 Å². The quantitative estimate of drug-likeness (QED) is 0.687. The Kier molecular flexibility index (Phi) is 4.58. The zero-order chi connectivity index (χ0) is 19.1. The summed E-state index contributed by atoms with van der Waals surface area (Å²) in [4.78, 5) is 29.9. The summed E-state index contributed by atoms with van der Waals surface area (Å²) in [6.07, 6.45) is 6.04. The number of pyridine rings is 1. The maximum Gasteiger partial charge on any atom is 0.256 e. The van der Waals surface area contributed by atoms with Crippen molar-refractivity contribution in [2.24, 2.45) is 17.3 Å². The van der Waals surface area contributed by atoms with Gasteiger partial charge in [-0.25, -0.2) is 4.98 Å². The molecule has 0 aromatic carbocycles. The number of carbonyl (C=O) groups excluding carboxylic acids is 2. The maximum absolute atomic E-state index is 12.8. The molecule has 3 N–H and O–H groups in total. The topological polar surface area (TPSA) is 92.4 Å². The lowest BCUT2D eigenvalue weighted by molar-refractivity contribution is -0.139. The van der Waals surface area contributed by atoms with Crippen molar-refractivity contribution < 1.29 is 14.3 Å². The van der Waals surface area contributed by atoms with E-state index >= 15 is 0 Å². The SMILES string of the molecule is COCCCNC(=O)[C@@H]1C[C@H]2CC[C@@]1(C)C[C@]21NC(=O)c2cccnc2N1. The summed E-state index contributed by atoms with van der Waals surface area (Å²) in [6, 6.07) is 3.56. The number of hydrogen-bond acceptors (Lipinski definition) is 5. The summed E-state index contributed by atoms with van der Waals surface area (Å²) >= 11 is 0. The van der Waals surface area contributed by atoms with Crippen molar-refractivity contribution in [3.05, 3.63) is 23.9 Å². The highest BCUT2D eigenvalue weighted by Gasteiger charge is 2.60. The third-order valence-electron chi connectivity index (χ3n) is 6.68. The molecule has 0 unspecified atom stereocenters. The minimum Gasteiger partial charge on any atom is -0.385 e. The molecule has 0 saturated heterocycles. The first-order valence-corrected chi connectivity index (χ1v) is 9.80. The summed E-state index contributed by atoms with van der Waals surface area (Å²) in [6.45, 7) is 3.48. The van der Waals surface area contributed by atoms with Crippen LogP contribution in [0.15, 0.2) is 18.3 Å². The fourth-order valence-corrected chi connectivity index (χ4v) is 5.27. The molecule has 2 heterocycles. The van der Waals surface area contributed by atoms with Crippen molar-refractivity contribution in [1.82, 2.24) is 15.6 Å². The molecule has 0 radical (unpaired) electrons. The van der Waals surface area contributed by atoms with E-state index < -0.39 is 5.66 Å². The monoisotopic (exact) mass is 372 g/mol. The Morgan fingerprint density at radius 2 is 2.30 bits per heavy atom. The molecule has 2 bridgehead atoms. The number of carbonyl (C=O) groups is 2. The van der Waals surface area contributed by atoms with Crippen molar-refractivity contribution in [1.29, 1.82) is 0 Å². The van der Waals surface area contributed by atoms with E-state index in [2.05, 4.69) is 27.9 Å². The predicted molar refractivity (Wildman–Crippen MR) is 101 cm³/mol. The number of amides is 2. The van der Waals surface area contributed by atoms with E-state index in [1.165, 1.54) is 0 Å². The summed E-state index contributed by atoms with van der Waals surface area (Å²) in [5.74, 6) is 0.904. The number of hydrogen-bond donors (Lipinski definition) is 3. The van der Waals surface area contributed by atoms with Crippen LogP contribution in [0.4, 0.5) is 5.82 Å². The Bertz CT molecular complexity index is 754. The van der Waals surface area contributed by atoms with Crippen LogP contribution in [-0.4, -0.2) is 42.7 Å². The second-order valence-corrected chi connectivity index (χ2v) is 8.44. The minimum absolute atomic E-state index is 0.0201. The zero-order valence-corrected chi connectivity index (χ0v) is 16.0. The second kappa shape index (κ2) is 6.78. The minimum atomic E-state index is -0.502. The van der Waals surface area contributed by atoms with Gasteiger partial charge in [0.05, 0.1) is 5.56 Å². The molecule has 5 rings (SSSR count). The Hall–Kier alpha value is -2.15. The normalized spacial score (nSPS) is 33.9. The lowest BCUT2D eigenvalue weighted by atomic mass is 9.51. The van der Waals surface area contributed by atoms with Crippen LogP contribution in [0.3, 0.4) is 0 Å². The van der Waals surface area contributed by atoms with Crippen molar-refractivity contribution in [2.45, 2.75) is 44.7 Å². The highest BCUT2D eigenvalue weighted by Crippen LogP contribution is 2.58. The molecule has 3 fully saturated rings. The number of aromatic nitrogens is 1. The van der Waals surface area contributed by atoms with E-state index in [0.717, 1.165) is 32.1 Å². The number of nitrogens with zero attached hydrogens (tertiary/aromatic N) is 1. The van der Waals surface area contributed by atoms with Crippen molar-refractivity contribution in [2.75, 3.05) is 25.6 Å². The van der Waals surface area contributed by atoms with Gasteiger partial charge in [-0.05, 0) is 49.7 Å². The van der Waals surface area contributed by atoms with E-state index in [4.69, 9.17) is 4.74 Å². The number of nitrogens with one attached hydrogen (secondary N) is 3. The van der Waals surface area contributed by atoms with Crippen LogP contribution in [0.2, 0.25) is 0 Å². The number of methoxy groups -OCH3 is 1. The summed E-state index contributed by atoms with van der Waals surface area (Å²) in [7, 11) is 1.67. The molecule has 4 atom stereocenters. The Morgan fingerprint density at radius 3 is 3.07 bits per heavy atom. The van der Waals surface area contributed by atoms with E-state index in [1.807, 2.05) is 0 Å². The summed E-state index contributed by atoms with van der Waals surface area (Å²) in [5, 5.41) is 9.83. The number of anilines is 1. The molecule has 27 heavy (non-hydrogen) atoms. The molecular weight excluding hydrogens is 344 g/mol. The summed E-state index contributed by atoms with van der Waals surface area (Å²) < 4.78 is 5.05. The Balaban J connectivity index is 1.51. The van der Waals surface area contributed by atoms with Gasteiger partial charge in [-0.15, -0.1) is 0 Å². The van der Waals surface area contributed by atoms with Gasteiger partial charge >= 0.3 is 0 Å². The predicted octanol–water partition coefficient (Wildman–Crippen LogP) is 1.91. The Morgan fingerprint density at radius 1 is 1.44 bits per heavy atom.